The number of hydrogen-bond donors (Lipinski definition) is 1. The van der Waals surface area contributed by atoms with E-state index in [-0.39, 0.29) is 11.9 Å². The van der Waals surface area contributed by atoms with Gasteiger partial charge in [0.25, 0.3) is 5.91 Å². The number of carbonyl (C=O) groups excluding carboxylic acids is 2. The molecule has 2 rings (SSSR count). The molecule has 0 atom stereocenters. The topological polar surface area (TPSA) is 49.4 Å². The lowest BCUT2D eigenvalue weighted by atomic mass is 10.1. The maximum absolute atomic E-state index is 11.4. The summed E-state index contributed by atoms with van der Waals surface area (Å²) in [6.07, 6.45) is 8.47. The number of nitrogens with zero attached hydrogens (tertiary/aromatic N) is 1. The van der Waals surface area contributed by atoms with Gasteiger partial charge in [-0.25, -0.2) is 4.79 Å². The molecule has 1 fully saturated rings. The molecular weight excluding hydrogens is 180 g/mol. The molecule has 2 aliphatic rings. The van der Waals surface area contributed by atoms with Crippen molar-refractivity contribution < 1.29 is 9.59 Å². The standard InChI is InChI=1S/C10H10N2O2/c1-12-8(9(13)11-10(12)14)7-5-3-2-4-6-7/h3-6H,2H2,1H3,(H,11,13,14). The summed E-state index contributed by atoms with van der Waals surface area (Å²) in [7, 11) is 1.58. The molecule has 3 amide bonds. The molecular formula is C10H10N2O2. The Balaban J connectivity index is 2.46. The molecule has 4 heteroatoms. The van der Waals surface area contributed by atoms with Crippen LogP contribution in [0, 0.1) is 0 Å². The van der Waals surface area contributed by atoms with Crippen LogP contribution in [-0.2, 0) is 4.79 Å². The lowest BCUT2D eigenvalue weighted by molar-refractivity contribution is -0.116. The van der Waals surface area contributed by atoms with Crippen LogP contribution in [0.3, 0.4) is 0 Å². The van der Waals surface area contributed by atoms with Crippen molar-refractivity contribution in [1.29, 1.82) is 0 Å². The molecule has 0 aromatic heterocycles. The predicted octanol–water partition coefficient (Wildman–Crippen LogP) is 0.938. The lowest BCUT2D eigenvalue weighted by Gasteiger charge is -2.10. The first-order valence-corrected chi connectivity index (χ1v) is 4.36. The summed E-state index contributed by atoms with van der Waals surface area (Å²) >= 11 is 0. The number of hydrogen-bond acceptors (Lipinski definition) is 2. The molecule has 1 N–H and O–H groups in total. The number of rotatable bonds is 0. The highest BCUT2D eigenvalue weighted by Gasteiger charge is 2.31. The number of likely N-dealkylation sites (N-methyl/N-ethyl adjacent to an activating group) is 1. The second-order valence-electron chi connectivity index (χ2n) is 3.16. The minimum atomic E-state index is -0.370. The second kappa shape index (κ2) is 3.14. The van der Waals surface area contributed by atoms with Crippen LogP contribution in [0.4, 0.5) is 4.79 Å². The van der Waals surface area contributed by atoms with Gasteiger partial charge in [0.15, 0.2) is 0 Å². The van der Waals surface area contributed by atoms with Crippen LogP contribution in [0.25, 0.3) is 0 Å². The van der Waals surface area contributed by atoms with Crippen molar-refractivity contribution in [3.8, 4) is 0 Å². The van der Waals surface area contributed by atoms with E-state index < -0.39 is 0 Å². The minimum Gasteiger partial charge on any atom is -0.292 e. The Hall–Kier alpha value is -1.84. The Morgan fingerprint density at radius 2 is 1.93 bits per heavy atom. The Labute approximate surface area is 81.6 Å². The van der Waals surface area contributed by atoms with Gasteiger partial charge in [-0.1, -0.05) is 24.3 Å². The summed E-state index contributed by atoms with van der Waals surface area (Å²) in [4.78, 5) is 23.9. The van der Waals surface area contributed by atoms with E-state index in [0.717, 1.165) is 12.0 Å². The van der Waals surface area contributed by atoms with E-state index in [1.807, 2.05) is 24.3 Å². The van der Waals surface area contributed by atoms with E-state index in [1.54, 1.807) is 7.05 Å². The normalized spacial score (nSPS) is 20.8. The van der Waals surface area contributed by atoms with Crippen molar-refractivity contribution in [2.24, 2.45) is 0 Å². The first kappa shape index (κ1) is 8.74. The summed E-state index contributed by atoms with van der Waals surface area (Å²) in [5, 5.41) is 2.24. The van der Waals surface area contributed by atoms with Crippen LogP contribution in [0.15, 0.2) is 35.6 Å². The van der Waals surface area contributed by atoms with E-state index in [4.69, 9.17) is 0 Å². The largest absolute Gasteiger partial charge is 0.328 e. The maximum Gasteiger partial charge on any atom is 0.328 e. The molecule has 4 nitrogen and oxygen atoms in total. The number of urea groups is 1. The zero-order valence-corrected chi connectivity index (χ0v) is 7.78. The van der Waals surface area contributed by atoms with Crippen LogP contribution in [-0.4, -0.2) is 23.9 Å². The molecule has 0 aromatic rings. The van der Waals surface area contributed by atoms with Gasteiger partial charge in [-0.05, 0) is 6.42 Å². The molecule has 1 heterocycles. The molecule has 72 valence electrons. The summed E-state index contributed by atoms with van der Waals surface area (Å²) in [6.45, 7) is 0. The third-order valence-corrected chi connectivity index (χ3v) is 2.22. The third-order valence-electron chi connectivity index (χ3n) is 2.22. The van der Waals surface area contributed by atoms with Gasteiger partial charge in [0.05, 0.1) is 0 Å². The molecule has 1 aliphatic carbocycles. The first-order valence-electron chi connectivity index (χ1n) is 4.36. The van der Waals surface area contributed by atoms with E-state index in [0.29, 0.717) is 5.70 Å². The summed E-state index contributed by atoms with van der Waals surface area (Å²) in [6, 6.07) is -0.370. The Kier molecular flexibility index (Phi) is 1.96. The first-order chi connectivity index (χ1) is 6.70. The molecule has 0 bridgehead atoms. The number of amides is 3. The molecule has 0 saturated carbocycles. The van der Waals surface area contributed by atoms with Crippen LogP contribution in [0.1, 0.15) is 6.42 Å². The van der Waals surface area contributed by atoms with Crippen LogP contribution in [0.2, 0.25) is 0 Å². The Bertz CT molecular complexity index is 377. The SMILES string of the molecule is CN1C(=O)NC(=O)C1=C1C=CCC=C1. The zero-order chi connectivity index (χ0) is 10.1. The van der Waals surface area contributed by atoms with E-state index >= 15 is 0 Å². The van der Waals surface area contributed by atoms with Crippen molar-refractivity contribution in [3.05, 3.63) is 35.6 Å². The fraction of sp³-hybridized carbons (Fsp3) is 0.200. The fourth-order valence-electron chi connectivity index (χ4n) is 1.50. The van der Waals surface area contributed by atoms with Gasteiger partial charge in [-0.2, -0.15) is 0 Å². The number of nitrogens with one attached hydrogen (secondary N) is 1. The monoisotopic (exact) mass is 190 g/mol. The summed E-state index contributed by atoms with van der Waals surface area (Å²) in [5.41, 5.74) is 1.20. The lowest BCUT2D eigenvalue weighted by Crippen LogP contribution is -2.24. The molecule has 0 aromatic carbocycles. The molecule has 14 heavy (non-hydrogen) atoms. The van der Waals surface area contributed by atoms with Crippen molar-refractivity contribution in [1.82, 2.24) is 10.2 Å². The van der Waals surface area contributed by atoms with Gasteiger partial charge in [-0.3, -0.25) is 15.0 Å². The maximum atomic E-state index is 11.4. The molecule has 0 spiro atoms. The van der Waals surface area contributed by atoms with Crippen LogP contribution in [0.5, 0.6) is 0 Å². The van der Waals surface area contributed by atoms with Crippen molar-refractivity contribution in [2.45, 2.75) is 6.42 Å². The molecule has 1 saturated heterocycles. The van der Waals surface area contributed by atoms with Crippen molar-refractivity contribution >= 4 is 11.9 Å². The molecule has 0 unspecified atom stereocenters. The van der Waals surface area contributed by atoms with E-state index in [9.17, 15) is 9.59 Å². The highest BCUT2D eigenvalue weighted by atomic mass is 16.2. The van der Waals surface area contributed by atoms with Crippen LogP contribution >= 0.6 is 0 Å². The van der Waals surface area contributed by atoms with Crippen molar-refractivity contribution in [2.75, 3.05) is 7.05 Å². The average Bonchev–Trinajstić information content (AvgIpc) is 2.43. The van der Waals surface area contributed by atoms with E-state index in [1.165, 1.54) is 4.90 Å². The van der Waals surface area contributed by atoms with Gasteiger partial charge in [0.1, 0.15) is 5.70 Å². The number of imide groups is 1. The average molecular weight is 190 g/mol. The van der Waals surface area contributed by atoms with Gasteiger partial charge in [0.2, 0.25) is 0 Å². The zero-order valence-electron chi connectivity index (χ0n) is 7.78. The van der Waals surface area contributed by atoms with Gasteiger partial charge < -0.3 is 0 Å². The predicted molar refractivity (Wildman–Crippen MR) is 51.2 cm³/mol. The van der Waals surface area contributed by atoms with Gasteiger partial charge in [0, 0.05) is 12.6 Å². The molecule has 0 radical (unpaired) electrons. The highest BCUT2D eigenvalue weighted by molar-refractivity contribution is 6.12. The quantitative estimate of drug-likeness (QED) is 0.456. The second-order valence-corrected chi connectivity index (χ2v) is 3.16. The highest BCUT2D eigenvalue weighted by Crippen LogP contribution is 2.19. The fourth-order valence-corrected chi connectivity index (χ4v) is 1.50. The Morgan fingerprint density at radius 1 is 1.29 bits per heavy atom. The summed E-state index contributed by atoms with van der Waals surface area (Å²) in [5.74, 6) is -0.330. The third kappa shape index (κ3) is 1.25. The molecule has 1 aliphatic heterocycles. The van der Waals surface area contributed by atoms with Gasteiger partial charge in [-0.15, -0.1) is 0 Å². The van der Waals surface area contributed by atoms with Crippen LogP contribution < -0.4 is 5.32 Å². The van der Waals surface area contributed by atoms with Crippen molar-refractivity contribution in [3.63, 3.8) is 0 Å². The Morgan fingerprint density at radius 3 is 2.43 bits per heavy atom. The van der Waals surface area contributed by atoms with Gasteiger partial charge >= 0.3 is 6.03 Å². The smallest absolute Gasteiger partial charge is 0.292 e. The number of allylic oxidation sites excluding steroid dienone is 5. The minimum absolute atomic E-state index is 0.330. The van der Waals surface area contributed by atoms with E-state index in [2.05, 4.69) is 5.32 Å². The summed E-state index contributed by atoms with van der Waals surface area (Å²) < 4.78 is 0. The number of carbonyl (C=O) groups is 2.